The van der Waals surface area contributed by atoms with Crippen LogP contribution >= 0.6 is 11.3 Å². The van der Waals surface area contributed by atoms with Gasteiger partial charge >= 0.3 is 0 Å². The first kappa shape index (κ1) is 15.7. The minimum Gasteiger partial charge on any atom is -0.497 e. The average Bonchev–Trinajstić information content (AvgIpc) is 3.20. The summed E-state index contributed by atoms with van der Waals surface area (Å²) in [5.41, 5.74) is 0.877. The summed E-state index contributed by atoms with van der Waals surface area (Å²) in [6.07, 6.45) is 4.87. The summed E-state index contributed by atoms with van der Waals surface area (Å²) in [6.45, 7) is 0. The Kier molecular flexibility index (Phi) is 5.07. The van der Waals surface area contributed by atoms with Gasteiger partial charge in [0, 0.05) is 17.8 Å². The Morgan fingerprint density at radius 3 is 2.96 bits per heavy atom. The first-order chi connectivity index (χ1) is 11.2. The van der Waals surface area contributed by atoms with Crippen LogP contribution in [0, 0.1) is 0 Å². The van der Waals surface area contributed by atoms with E-state index < -0.39 is 0 Å². The molecule has 7 heteroatoms. The number of ether oxygens (including phenoxy) is 1. The van der Waals surface area contributed by atoms with Gasteiger partial charge < -0.3 is 15.4 Å². The summed E-state index contributed by atoms with van der Waals surface area (Å²) in [4.78, 5) is 12.0. The zero-order valence-corrected chi connectivity index (χ0v) is 13.9. The fourth-order valence-electron chi connectivity index (χ4n) is 2.69. The molecule has 0 spiro atoms. The zero-order valence-electron chi connectivity index (χ0n) is 13.0. The Bertz CT molecular complexity index is 668. The van der Waals surface area contributed by atoms with E-state index in [2.05, 4.69) is 20.8 Å². The highest BCUT2D eigenvalue weighted by Crippen LogP contribution is 2.24. The summed E-state index contributed by atoms with van der Waals surface area (Å²) in [7, 11) is 1.63. The van der Waals surface area contributed by atoms with Gasteiger partial charge in [-0.3, -0.25) is 4.79 Å². The summed E-state index contributed by atoms with van der Waals surface area (Å²) >= 11 is 1.39. The van der Waals surface area contributed by atoms with E-state index in [1.54, 1.807) is 7.11 Å². The summed E-state index contributed by atoms with van der Waals surface area (Å²) in [5, 5.41) is 15.8. The van der Waals surface area contributed by atoms with E-state index in [9.17, 15) is 4.79 Å². The van der Waals surface area contributed by atoms with Crippen LogP contribution in [0.1, 0.15) is 30.7 Å². The van der Waals surface area contributed by atoms with E-state index >= 15 is 0 Å². The van der Waals surface area contributed by atoms with Crippen molar-refractivity contribution in [1.82, 2.24) is 15.5 Å². The normalized spacial score (nSPS) is 14.7. The highest BCUT2D eigenvalue weighted by Gasteiger charge is 2.18. The number of amides is 1. The molecule has 3 rings (SSSR count). The van der Waals surface area contributed by atoms with Crippen LogP contribution in [0.3, 0.4) is 0 Å². The smallest absolute Gasteiger partial charge is 0.227 e. The zero-order chi connectivity index (χ0) is 16.1. The molecule has 1 aliphatic carbocycles. The predicted octanol–water partition coefficient (Wildman–Crippen LogP) is 2.89. The Labute approximate surface area is 139 Å². The number of nitrogens with zero attached hydrogens (tertiary/aromatic N) is 2. The third kappa shape index (κ3) is 4.41. The molecule has 122 valence electrons. The van der Waals surface area contributed by atoms with Gasteiger partial charge in [0.1, 0.15) is 10.8 Å². The number of methoxy groups -OCH3 is 1. The third-order valence-electron chi connectivity index (χ3n) is 3.82. The molecule has 6 nitrogen and oxygen atoms in total. The largest absolute Gasteiger partial charge is 0.497 e. The van der Waals surface area contributed by atoms with E-state index in [4.69, 9.17) is 4.74 Å². The molecule has 0 bridgehead atoms. The monoisotopic (exact) mass is 332 g/mol. The van der Waals surface area contributed by atoms with E-state index in [1.807, 2.05) is 24.3 Å². The standard InChI is InChI=1S/C16H20N4O2S/c1-22-13-8-4-7-12(9-13)18-16-20-19-15(23-16)10-14(21)17-11-5-2-3-6-11/h4,7-9,11H,2-3,5-6,10H2,1H3,(H,17,21)(H,18,20). The maximum Gasteiger partial charge on any atom is 0.227 e. The van der Waals surface area contributed by atoms with E-state index in [0.717, 1.165) is 24.3 Å². The quantitative estimate of drug-likeness (QED) is 0.850. The van der Waals surface area contributed by atoms with Gasteiger partial charge in [0.15, 0.2) is 0 Å². The van der Waals surface area contributed by atoms with Gasteiger partial charge in [0.05, 0.1) is 13.5 Å². The van der Waals surface area contributed by atoms with Gasteiger partial charge in [-0.05, 0) is 25.0 Å². The van der Waals surface area contributed by atoms with Crippen molar-refractivity contribution in [3.05, 3.63) is 29.3 Å². The number of anilines is 2. The number of carbonyl (C=O) groups is 1. The summed E-state index contributed by atoms with van der Waals surface area (Å²) in [5.74, 6) is 0.802. The van der Waals surface area contributed by atoms with Crippen LogP contribution in [0.5, 0.6) is 5.75 Å². The second-order valence-corrected chi connectivity index (χ2v) is 6.65. The Balaban J connectivity index is 1.55. The Morgan fingerprint density at radius 1 is 1.35 bits per heavy atom. The van der Waals surface area contributed by atoms with Gasteiger partial charge in [-0.1, -0.05) is 30.2 Å². The molecule has 1 amide bonds. The Morgan fingerprint density at radius 2 is 2.17 bits per heavy atom. The fraction of sp³-hybridized carbons (Fsp3) is 0.438. The van der Waals surface area contributed by atoms with Crippen molar-refractivity contribution in [3.63, 3.8) is 0 Å². The van der Waals surface area contributed by atoms with Crippen LogP contribution in [0.25, 0.3) is 0 Å². The molecule has 1 aromatic carbocycles. The predicted molar refractivity (Wildman–Crippen MR) is 90.3 cm³/mol. The number of aromatic nitrogens is 2. The average molecular weight is 332 g/mol. The minimum atomic E-state index is 0.0287. The first-order valence-electron chi connectivity index (χ1n) is 7.76. The third-order valence-corrected chi connectivity index (χ3v) is 4.66. The molecule has 0 aliphatic heterocycles. The lowest BCUT2D eigenvalue weighted by Crippen LogP contribution is -2.33. The number of carbonyl (C=O) groups excluding carboxylic acids is 1. The highest BCUT2D eigenvalue weighted by atomic mass is 32.1. The lowest BCUT2D eigenvalue weighted by Gasteiger charge is -2.10. The molecule has 23 heavy (non-hydrogen) atoms. The number of hydrogen-bond donors (Lipinski definition) is 2. The molecule has 1 heterocycles. The molecular formula is C16H20N4O2S. The van der Waals surface area contributed by atoms with Gasteiger partial charge in [0.2, 0.25) is 11.0 Å². The lowest BCUT2D eigenvalue weighted by molar-refractivity contribution is -0.121. The van der Waals surface area contributed by atoms with Crippen molar-refractivity contribution in [3.8, 4) is 5.75 Å². The molecule has 0 saturated heterocycles. The molecule has 0 radical (unpaired) electrons. The van der Waals surface area contributed by atoms with Crippen molar-refractivity contribution in [2.45, 2.75) is 38.1 Å². The number of nitrogens with one attached hydrogen (secondary N) is 2. The van der Waals surface area contributed by atoms with Crippen molar-refractivity contribution in [2.75, 3.05) is 12.4 Å². The van der Waals surface area contributed by atoms with Crippen molar-refractivity contribution in [2.24, 2.45) is 0 Å². The molecule has 1 saturated carbocycles. The van der Waals surface area contributed by atoms with E-state index in [1.165, 1.54) is 24.2 Å². The maximum atomic E-state index is 12.0. The molecule has 1 fully saturated rings. The summed E-state index contributed by atoms with van der Waals surface area (Å²) in [6, 6.07) is 7.93. The molecular weight excluding hydrogens is 312 g/mol. The van der Waals surface area contributed by atoms with Crippen LogP contribution in [-0.2, 0) is 11.2 Å². The fourth-order valence-corrected chi connectivity index (χ4v) is 3.44. The van der Waals surface area contributed by atoms with Crippen molar-refractivity contribution in [1.29, 1.82) is 0 Å². The second kappa shape index (κ2) is 7.41. The second-order valence-electron chi connectivity index (χ2n) is 5.58. The van der Waals surface area contributed by atoms with Crippen LogP contribution in [0.15, 0.2) is 24.3 Å². The minimum absolute atomic E-state index is 0.0287. The molecule has 2 aromatic rings. The molecule has 1 aliphatic rings. The van der Waals surface area contributed by atoms with E-state index in [0.29, 0.717) is 16.2 Å². The maximum absolute atomic E-state index is 12.0. The number of benzene rings is 1. The van der Waals surface area contributed by atoms with Crippen LogP contribution in [0.2, 0.25) is 0 Å². The highest BCUT2D eigenvalue weighted by molar-refractivity contribution is 7.15. The van der Waals surface area contributed by atoms with Gasteiger partial charge in [-0.25, -0.2) is 0 Å². The van der Waals surface area contributed by atoms with Crippen LogP contribution in [-0.4, -0.2) is 29.3 Å². The number of rotatable bonds is 6. The van der Waals surface area contributed by atoms with Crippen LogP contribution < -0.4 is 15.4 Å². The number of hydrogen-bond acceptors (Lipinski definition) is 6. The van der Waals surface area contributed by atoms with Crippen molar-refractivity contribution < 1.29 is 9.53 Å². The van der Waals surface area contributed by atoms with Crippen LogP contribution in [0.4, 0.5) is 10.8 Å². The molecule has 2 N–H and O–H groups in total. The van der Waals surface area contributed by atoms with E-state index in [-0.39, 0.29) is 12.3 Å². The summed E-state index contributed by atoms with van der Waals surface area (Å²) < 4.78 is 5.19. The lowest BCUT2D eigenvalue weighted by atomic mass is 10.2. The SMILES string of the molecule is COc1cccc(Nc2nnc(CC(=O)NC3CCCC3)s2)c1. The van der Waals surface area contributed by atoms with Gasteiger partial charge in [-0.15, -0.1) is 10.2 Å². The Hall–Kier alpha value is -2.15. The van der Waals surface area contributed by atoms with Gasteiger partial charge in [0.25, 0.3) is 0 Å². The molecule has 0 unspecified atom stereocenters. The van der Waals surface area contributed by atoms with Crippen molar-refractivity contribution >= 4 is 28.1 Å². The van der Waals surface area contributed by atoms with Gasteiger partial charge in [-0.2, -0.15) is 0 Å². The first-order valence-corrected chi connectivity index (χ1v) is 8.57. The molecule has 0 atom stereocenters. The molecule has 1 aromatic heterocycles. The topological polar surface area (TPSA) is 76.1 Å².